The molecule has 0 saturated heterocycles. The Morgan fingerprint density at radius 2 is 1.82 bits per heavy atom. The van der Waals surface area contributed by atoms with Crippen LogP contribution in [0.15, 0.2) is 54.1 Å². The largest absolute Gasteiger partial charge is 0.448 e. The Hall–Kier alpha value is -3.30. The zero-order valence-electron chi connectivity index (χ0n) is 15.8. The van der Waals surface area contributed by atoms with E-state index in [1.54, 1.807) is 36.4 Å². The molecule has 1 atom stereocenters. The number of rotatable bonds is 6. The van der Waals surface area contributed by atoms with E-state index in [9.17, 15) is 14.9 Å². The highest BCUT2D eigenvalue weighted by Crippen LogP contribution is 2.21. The summed E-state index contributed by atoms with van der Waals surface area (Å²) in [6.45, 7) is 1.42. The number of hydrogen-bond donors (Lipinski definition) is 1. The average Bonchev–Trinajstić information content (AvgIpc) is 2.67. The molecule has 0 aromatic heterocycles. The van der Waals surface area contributed by atoms with Crippen molar-refractivity contribution >= 4 is 40.9 Å². The van der Waals surface area contributed by atoms with Gasteiger partial charge < -0.3 is 15.0 Å². The lowest BCUT2D eigenvalue weighted by Gasteiger charge is -2.14. The Morgan fingerprint density at radius 3 is 2.39 bits per heavy atom. The van der Waals surface area contributed by atoms with Crippen LogP contribution in [0.1, 0.15) is 12.5 Å². The molecule has 6 nitrogen and oxygen atoms in total. The van der Waals surface area contributed by atoms with E-state index >= 15 is 0 Å². The molecule has 28 heavy (non-hydrogen) atoms. The monoisotopic (exact) mass is 397 g/mol. The van der Waals surface area contributed by atoms with Crippen molar-refractivity contribution in [3.05, 3.63) is 64.7 Å². The Kier molecular flexibility index (Phi) is 7.19. The smallest absolute Gasteiger partial charge is 0.349 e. The molecule has 2 rings (SSSR count). The van der Waals surface area contributed by atoms with Gasteiger partial charge in [-0.25, -0.2) is 4.79 Å². The number of nitriles is 1. The molecule has 2 aromatic carbocycles. The van der Waals surface area contributed by atoms with Crippen LogP contribution in [0.3, 0.4) is 0 Å². The summed E-state index contributed by atoms with van der Waals surface area (Å²) in [7, 11) is 3.83. The Balaban J connectivity index is 2.05. The van der Waals surface area contributed by atoms with Crippen molar-refractivity contribution in [2.75, 3.05) is 24.3 Å². The molecule has 0 saturated carbocycles. The van der Waals surface area contributed by atoms with E-state index in [-0.39, 0.29) is 5.57 Å². The molecule has 0 unspecified atom stereocenters. The highest BCUT2D eigenvalue weighted by Gasteiger charge is 2.21. The molecule has 0 heterocycles. The molecule has 2 aromatic rings. The van der Waals surface area contributed by atoms with Gasteiger partial charge in [-0.05, 0) is 42.8 Å². The van der Waals surface area contributed by atoms with Crippen molar-refractivity contribution in [2.24, 2.45) is 0 Å². The highest BCUT2D eigenvalue weighted by molar-refractivity contribution is 6.33. The van der Waals surface area contributed by atoms with Crippen molar-refractivity contribution in [1.29, 1.82) is 5.26 Å². The summed E-state index contributed by atoms with van der Waals surface area (Å²) in [6, 6.07) is 15.8. The van der Waals surface area contributed by atoms with Crippen LogP contribution in [0.25, 0.3) is 6.08 Å². The molecule has 0 aliphatic heterocycles. The number of esters is 1. The molecule has 0 spiro atoms. The average molecular weight is 398 g/mol. The van der Waals surface area contributed by atoms with Crippen LogP contribution in [-0.4, -0.2) is 32.1 Å². The minimum atomic E-state index is -1.10. The molecule has 1 amide bonds. The van der Waals surface area contributed by atoms with Gasteiger partial charge in [-0.15, -0.1) is 0 Å². The van der Waals surface area contributed by atoms with Crippen LogP contribution >= 0.6 is 11.6 Å². The first-order valence-electron chi connectivity index (χ1n) is 8.47. The number of carbonyl (C=O) groups is 2. The Bertz CT molecular complexity index is 931. The van der Waals surface area contributed by atoms with Gasteiger partial charge in [0.2, 0.25) is 0 Å². The van der Waals surface area contributed by atoms with Gasteiger partial charge in [0, 0.05) is 19.8 Å². The lowest BCUT2D eigenvalue weighted by Crippen LogP contribution is -2.30. The van der Waals surface area contributed by atoms with Gasteiger partial charge in [-0.2, -0.15) is 5.26 Å². The maximum Gasteiger partial charge on any atom is 0.349 e. The molecule has 7 heteroatoms. The van der Waals surface area contributed by atoms with Crippen molar-refractivity contribution in [3.8, 4) is 6.07 Å². The minimum Gasteiger partial charge on any atom is -0.448 e. The zero-order chi connectivity index (χ0) is 20.7. The lowest BCUT2D eigenvalue weighted by molar-refractivity contribution is -0.148. The fourth-order valence-corrected chi connectivity index (χ4v) is 2.43. The van der Waals surface area contributed by atoms with E-state index < -0.39 is 18.0 Å². The van der Waals surface area contributed by atoms with Crippen LogP contribution in [0, 0.1) is 11.3 Å². The molecule has 1 N–H and O–H groups in total. The van der Waals surface area contributed by atoms with E-state index in [0.29, 0.717) is 16.3 Å². The Morgan fingerprint density at radius 1 is 1.18 bits per heavy atom. The second kappa shape index (κ2) is 9.58. The fourth-order valence-electron chi connectivity index (χ4n) is 2.25. The summed E-state index contributed by atoms with van der Waals surface area (Å²) in [5, 5.41) is 12.2. The summed E-state index contributed by atoms with van der Waals surface area (Å²) in [4.78, 5) is 26.4. The molecule has 0 aliphatic rings. The second-order valence-electron chi connectivity index (χ2n) is 6.17. The van der Waals surface area contributed by atoms with Crippen LogP contribution < -0.4 is 10.2 Å². The quantitative estimate of drug-likeness (QED) is 0.454. The number of nitrogens with zero attached hydrogens (tertiary/aromatic N) is 2. The first-order chi connectivity index (χ1) is 13.3. The van der Waals surface area contributed by atoms with Crippen LogP contribution in [0.5, 0.6) is 0 Å². The van der Waals surface area contributed by atoms with E-state index in [0.717, 1.165) is 5.69 Å². The van der Waals surface area contributed by atoms with E-state index in [1.165, 1.54) is 13.0 Å². The standard InChI is InChI=1S/C21H20ClN3O3/c1-14(20(26)24-19-7-5-4-6-18(19)22)28-21(27)16(13-23)12-15-8-10-17(11-9-15)25(2)3/h4-12,14H,1-3H3,(H,24,26)/b16-12+/t14-/m0/s1. The molecule has 0 fully saturated rings. The van der Waals surface area contributed by atoms with Crippen LogP contribution in [0.2, 0.25) is 5.02 Å². The van der Waals surface area contributed by atoms with Gasteiger partial charge >= 0.3 is 5.97 Å². The number of benzene rings is 2. The number of halogens is 1. The number of nitrogens with one attached hydrogen (secondary N) is 1. The van der Waals surface area contributed by atoms with Crippen molar-refractivity contribution < 1.29 is 14.3 Å². The predicted octanol–water partition coefficient (Wildman–Crippen LogP) is 3.88. The van der Waals surface area contributed by atoms with Crippen LogP contribution in [0.4, 0.5) is 11.4 Å². The van der Waals surface area contributed by atoms with Crippen molar-refractivity contribution in [3.63, 3.8) is 0 Å². The molecule has 0 radical (unpaired) electrons. The van der Waals surface area contributed by atoms with E-state index in [1.807, 2.05) is 37.2 Å². The van der Waals surface area contributed by atoms with Gasteiger partial charge in [0.05, 0.1) is 10.7 Å². The summed E-state index contributed by atoms with van der Waals surface area (Å²) in [5.41, 5.74) is 1.87. The summed E-state index contributed by atoms with van der Waals surface area (Å²) < 4.78 is 5.12. The van der Waals surface area contributed by atoms with Gasteiger partial charge in [0.15, 0.2) is 6.10 Å². The predicted molar refractivity (Wildman–Crippen MR) is 110 cm³/mol. The third-order valence-electron chi connectivity index (χ3n) is 3.85. The maximum absolute atomic E-state index is 12.3. The number of amides is 1. The number of para-hydroxylation sites is 1. The summed E-state index contributed by atoms with van der Waals surface area (Å²) in [6.07, 6.45) is 0.317. The second-order valence-corrected chi connectivity index (χ2v) is 6.58. The van der Waals surface area contributed by atoms with Gasteiger partial charge in [-0.1, -0.05) is 35.9 Å². The van der Waals surface area contributed by atoms with Crippen LogP contribution in [-0.2, 0) is 14.3 Å². The molecular formula is C21H20ClN3O3. The molecular weight excluding hydrogens is 378 g/mol. The number of carbonyl (C=O) groups excluding carboxylic acids is 2. The first-order valence-corrected chi connectivity index (χ1v) is 8.85. The zero-order valence-corrected chi connectivity index (χ0v) is 16.5. The minimum absolute atomic E-state index is 0.199. The summed E-state index contributed by atoms with van der Waals surface area (Å²) >= 11 is 5.99. The number of hydrogen-bond acceptors (Lipinski definition) is 5. The normalized spacial score (nSPS) is 11.9. The number of anilines is 2. The lowest BCUT2D eigenvalue weighted by atomic mass is 10.1. The van der Waals surface area contributed by atoms with Crippen molar-refractivity contribution in [2.45, 2.75) is 13.0 Å². The maximum atomic E-state index is 12.3. The van der Waals surface area contributed by atoms with Crippen molar-refractivity contribution in [1.82, 2.24) is 0 Å². The molecule has 144 valence electrons. The fraction of sp³-hybridized carbons (Fsp3) is 0.190. The van der Waals surface area contributed by atoms with E-state index in [4.69, 9.17) is 16.3 Å². The SMILES string of the molecule is C[C@H](OC(=O)/C(C#N)=C/c1ccc(N(C)C)cc1)C(=O)Nc1ccccc1Cl. The van der Waals surface area contributed by atoms with Gasteiger partial charge in [0.1, 0.15) is 11.6 Å². The molecule has 0 aliphatic carbocycles. The summed E-state index contributed by atoms with van der Waals surface area (Å²) in [5.74, 6) is -1.42. The first kappa shape index (κ1) is 21.0. The van der Waals surface area contributed by atoms with Gasteiger partial charge in [0.25, 0.3) is 5.91 Å². The Labute approximate surface area is 169 Å². The third-order valence-corrected chi connectivity index (χ3v) is 4.18. The number of ether oxygens (including phenoxy) is 1. The molecule has 0 bridgehead atoms. The van der Waals surface area contributed by atoms with E-state index in [2.05, 4.69) is 5.32 Å². The van der Waals surface area contributed by atoms with Gasteiger partial charge in [-0.3, -0.25) is 4.79 Å². The highest BCUT2D eigenvalue weighted by atomic mass is 35.5. The third kappa shape index (κ3) is 5.60. The topological polar surface area (TPSA) is 82.4 Å².